The molecule has 18 atom stereocenters. The largest absolute Gasteiger partial charge is 0.393 e. The molecule has 0 aromatic rings. The summed E-state index contributed by atoms with van der Waals surface area (Å²) in [5.74, 6) is -0.640. The first kappa shape index (κ1) is 31.8. The van der Waals surface area contributed by atoms with Crippen LogP contribution in [0.2, 0.25) is 0 Å². The highest BCUT2D eigenvalue weighted by molar-refractivity contribution is 4.99. The molecule has 2 saturated carbocycles. The van der Waals surface area contributed by atoms with Crippen LogP contribution in [0.3, 0.4) is 0 Å². The number of aliphatic hydroxyl groups excluding tert-OH is 10. The molecule has 0 bridgehead atoms. The average molecular weight is 597 g/mol. The predicted octanol–water partition coefficient (Wildman–Crippen LogP) is -4.55. The number of rotatable bonds is 6. The van der Waals surface area contributed by atoms with E-state index in [4.69, 9.17) is 23.7 Å². The van der Waals surface area contributed by atoms with Gasteiger partial charge in [0.15, 0.2) is 12.6 Å². The van der Waals surface area contributed by atoms with Crippen LogP contribution < -0.4 is 0 Å². The Labute approximate surface area is 236 Å². The number of hydrogen-bond donors (Lipinski definition) is 10. The van der Waals surface area contributed by atoms with Crippen molar-refractivity contribution in [3.63, 3.8) is 0 Å². The fourth-order valence-electron chi connectivity index (χ4n) is 6.86. The van der Waals surface area contributed by atoms with Gasteiger partial charge < -0.3 is 74.7 Å². The van der Waals surface area contributed by atoms with Gasteiger partial charge in [-0.3, -0.25) is 0 Å². The third-order valence-electron chi connectivity index (χ3n) is 9.34. The molecule has 5 rings (SSSR count). The Morgan fingerprint density at radius 2 is 1.34 bits per heavy atom. The maximum absolute atomic E-state index is 10.7. The van der Waals surface area contributed by atoms with Gasteiger partial charge in [-0.05, 0) is 44.4 Å². The predicted molar refractivity (Wildman–Crippen MR) is 133 cm³/mol. The summed E-state index contributed by atoms with van der Waals surface area (Å²) < 4.78 is 29.0. The minimum Gasteiger partial charge on any atom is -0.393 e. The number of fused-ring (bicyclic) bond motifs is 1. The van der Waals surface area contributed by atoms with Crippen LogP contribution in [0.1, 0.15) is 38.5 Å². The fourth-order valence-corrected chi connectivity index (χ4v) is 6.86. The normalized spacial score (nSPS) is 54.9. The van der Waals surface area contributed by atoms with Gasteiger partial charge in [0, 0.05) is 5.92 Å². The third-order valence-corrected chi connectivity index (χ3v) is 9.34. The van der Waals surface area contributed by atoms with Crippen LogP contribution >= 0.6 is 0 Å². The van der Waals surface area contributed by atoms with E-state index in [1.54, 1.807) is 0 Å². The van der Waals surface area contributed by atoms with Crippen molar-refractivity contribution in [2.75, 3.05) is 13.2 Å². The van der Waals surface area contributed by atoms with Gasteiger partial charge in [0.05, 0.1) is 55.9 Å². The van der Waals surface area contributed by atoms with Crippen LogP contribution in [0, 0.1) is 11.8 Å². The Morgan fingerprint density at radius 1 is 0.610 bits per heavy atom. The average Bonchev–Trinajstić information content (AvgIpc) is 2.93. The molecule has 9 unspecified atom stereocenters. The zero-order valence-corrected chi connectivity index (χ0v) is 22.6. The molecule has 3 aliphatic heterocycles. The van der Waals surface area contributed by atoms with Gasteiger partial charge in [0.1, 0.15) is 42.7 Å². The molecular formula is C26H44O15. The summed E-state index contributed by atoms with van der Waals surface area (Å²) in [6.07, 6.45) is -17.0. The molecule has 0 radical (unpaired) electrons. The summed E-state index contributed by atoms with van der Waals surface area (Å²) in [6.45, 7) is -0.737. The number of hydrogen-bond acceptors (Lipinski definition) is 15. The van der Waals surface area contributed by atoms with Crippen molar-refractivity contribution in [1.82, 2.24) is 0 Å². The minimum atomic E-state index is -1.70. The molecule has 0 aromatic carbocycles. The highest BCUT2D eigenvalue weighted by Gasteiger charge is 2.52. The molecule has 2 aliphatic carbocycles. The molecule has 10 N–H and O–H groups in total. The standard InChI is InChI=1S/C26H44O15/c27-10-4-13(29)11-6-17(24(39-16(11)5-10)9-1-2-12(28)14(30)3-9)40-26-23(36)21(34)20(33)18(41-26)8-38-25-22(35)19(32)15(31)7-37-25/h9-36H,1-8H2/t9?,10?,11?,12?,13?,14?,15-,16?,17?,18-,19+,20-,21+,22-,23-,24?,25-,26+/m1/s1. The molecule has 3 heterocycles. The number of aliphatic hydroxyl groups is 10. The summed E-state index contributed by atoms with van der Waals surface area (Å²) >= 11 is 0. The van der Waals surface area contributed by atoms with Crippen LogP contribution in [0.15, 0.2) is 0 Å². The van der Waals surface area contributed by atoms with E-state index >= 15 is 0 Å². The van der Waals surface area contributed by atoms with Crippen molar-refractivity contribution >= 4 is 0 Å². The van der Waals surface area contributed by atoms with E-state index < -0.39 is 105 Å². The second kappa shape index (κ2) is 13.2. The highest BCUT2D eigenvalue weighted by atomic mass is 16.7. The van der Waals surface area contributed by atoms with E-state index in [0.29, 0.717) is 19.3 Å². The summed E-state index contributed by atoms with van der Waals surface area (Å²) in [6, 6.07) is 0. The smallest absolute Gasteiger partial charge is 0.187 e. The topological polar surface area (TPSA) is 248 Å². The zero-order chi connectivity index (χ0) is 29.6. The summed E-state index contributed by atoms with van der Waals surface area (Å²) in [5.41, 5.74) is 0. The highest BCUT2D eigenvalue weighted by Crippen LogP contribution is 2.43. The van der Waals surface area contributed by atoms with E-state index in [-0.39, 0.29) is 37.7 Å². The molecule has 41 heavy (non-hydrogen) atoms. The molecule has 15 heteroatoms. The lowest BCUT2D eigenvalue weighted by atomic mass is 9.72. The van der Waals surface area contributed by atoms with Crippen LogP contribution in [0.4, 0.5) is 0 Å². The Balaban J connectivity index is 1.29. The van der Waals surface area contributed by atoms with Crippen LogP contribution in [0.5, 0.6) is 0 Å². The van der Waals surface area contributed by atoms with E-state index in [9.17, 15) is 51.1 Å². The monoisotopic (exact) mass is 596 g/mol. The number of ether oxygens (including phenoxy) is 5. The molecular weight excluding hydrogens is 552 g/mol. The van der Waals surface area contributed by atoms with Gasteiger partial charge in [0.2, 0.25) is 0 Å². The van der Waals surface area contributed by atoms with Crippen molar-refractivity contribution in [3.05, 3.63) is 0 Å². The van der Waals surface area contributed by atoms with E-state index in [1.807, 2.05) is 0 Å². The van der Waals surface area contributed by atoms with Crippen molar-refractivity contribution in [3.8, 4) is 0 Å². The Hall–Kier alpha value is -0.600. The molecule has 0 aromatic heterocycles. The van der Waals surface area contributed by atoms with Gasteiger partial charge in [-0.15, -0.1) is 0 Å². The Morgan fingerprint density at radius 3 is 2.07 bits per heavy atom. The van der Waals surface area contributed by atoms with Crippen LogP contribution in [-0.4, -0.2) is 162 Å². The summed E-state index contributed by atoms with van der Waals surface area (Å²) in [7, 11) is 0. The van der Waals surface area contributed by atoms with Gasteiger partial charge in [0.25, 0.3) is 0 Å². The quantitative estimate of drug-likeness (QED) is 0.139. The van der Waals surface area contributed by atoms with Crippen molar-refractivity contribution < 1.29 is 74.7 Å². The molecule has 5 aliphatic rings. The third kappa shape index (κ3) is 6.74. The first-order chi connectivity index (χ1) is 19.4. The van der Waals surface area contributed by atoms with Crippen molar-refractivity contribution in [2.45, 2.75) is 137 Å². The first-order valence-electron chi connectivity index (χ1n) is 14.4. The lowest BCUT2D eigenvalue weighted by Gasteiger charge is -2.51. The van der Waals surface area contributed by atoms with Crippen molar-refractivity contribution in [1.29, 1.82) is 0 Å². The van der Waals surface area contributed by atoms with Crippen molar-refractivity contribution in [2.24, 2.45) is 11.8 Å². The van der Waals surface area contributed by atoms with E-state index in [1.165, 1.54) is 0 Å². The maximum atomic E-state index is 10.7. The zero-order valence-electron chi connectivity index (χ0n) is 22.6. The first-order valence-corrected chi connectivity index (χ1v) is 14.4. The Bertz CT molecular complexity index is 852. The van der Waals surface area contributed by atoms with Crippen LogP contribution in [0.25, 0.3) is 0 Å². The van der Waals surface area contributed by atoms with Gasteiger partial charge in [-0.2, -0.15) is 0 Å². The SMILES string of the molecule is OC1CC(O)C2CC(O[C@H]3O[C@H](CO[C@H]4OC[C@@H](O)[C@H](O)[C@H]4O)[C@@H](O)[C@H](O)[C@H]3O)C(C3CCC(O)C(O)C3)OC2C1. The van der Waals surface area contributed by atoms with E-state index in [0.717, 1.165) is 0 Å². The molecule has 15 nitrogen and oxygen atoms in total. The van der Waals surface area contributed by atoms with Gasteiger partial charge in [-0.25, -0.2) is 0 Å². The Kier molecular flexibility index (Phi) is 10.2. The minimum absolute atomic E-state index is 0.171. The van der Waals surface area contributed by atoms with Crippen LogP contribution in [-0.2, 0) is 23.7 Å². The van der Waals surface area contributed by atoms with E-state index in [2.05, 4.69) is 0 Å². The molecule has 238 valence electrons. The van der Waals surface area contributed by atoms with Gasteiger partial charge in [-0.1, -0.05) is 0 Å². The molecule has 5 fully saturated rings. The molecule has 3 saturated heterocycles. The van der Waals surface area contributed by atoms with Gasteiger partial charge >= 0.3 is 0 Å². The maximum Gasteiger partial charge on any atom is 0.187 e. The second-order valence-electron chi connectivity index (χ2n) is 12.2. The second-order valence-corrected chi connectivity index (χ2v) is 12.2. The summed E-state index contributed by atoms with van der Waals surface area (Å²) in [4.78, 5) is 0. The molecule has 0 spiro atoms. The fraction of sp³-hybridized carbons (Fsp3) is 1.00. The summed E-state index contributed by atoms with van der Waals surface area (Å²) in [5, 5.41) is 103. The molecule has 0 amide bonds. The lowest BCUT2D eigenvalue weighted by molar-refractivity contribution is -0.342. The lowest BCUT2D eigenvalue weighted by Crippen LogP contribution is -2.62.